The zero-order valence-electron chi connectivity index (χ0n) is 10.5. The summed E-state index contributed by atoms with van der Waals surface area (Å²) >= 11 is 6.12. The highest BCUT2D eigenvalue weighted by Gasteiger charge is 2.16. The molecule has 0 amide bonds. The summed E-state index contributed by atoms with van der Waals surface area (Å²) in [5.74, 6) is -0.124. The second kappa shape index (κ2) is 6.61. The Kier molecular flexibility index (Phi) is 5.44. The van der Waals surface area contributed by atoms with Crippen molar-refractivity contribution in [2.45, 2.75) is 25.8 Å². The van der Waals surface area contributed by atoms with Crippen LogP contribution >= 0.6 is 11.6 Å². The lowest BCUT2D eigenvalue weighted by atomic mass is 9.94. The SMILES string of the molecule is COc1ccc(C(N)CC(C)CC(=O)O)c(Cl)c1. The fraction of sp³-hybridized carbons (Fsp3) is 0.462. The lowest BCUT2D eigenvalue weighted by molar-refractivity contribution is -0.138. The Hall–Kier alpha value is -1.26. The third-order valence-corrected chi connectivity index (χ3v) is 3.11. The maximum absolute atomic E-state index is 10.6. The van der Waals surface area contributed by atoms with Gasteiger partial charge in [0.1, 0.15) is 5.75 Å². The Bertz CT molecular complexity index is 423. The number of hydrogen-bond donors (Lipinski definition) is 2. The number of methoxy groups -OCH3 is 1. The number of halogens is 1. The fourth-order valence-corrected chi connectivity index (χ4v) is 2.19. The topological polar surface area (TPSA) is 72.5 Å². The van der Waals surface area contributed by atoms with Crippen molar-refractivity contribution < 1.29 is 14.6 Å². The standard InChI is InChI=1S/C13H18ClNO3/c1-8(6-13(16)17)5-12(15)10-4-3-9(18-2)7-11(10)14/h3-4,7-8,12H,5-6,15H2,1-2H3,(H,16,17). The van der Waals surface area contributed by atoms with E-state index in [-0.39, 0.29) is 18.4 Å². The maximum Gasteiger partial charge on any atom is 0.303 e. The lowest BCUT2D eigenvalue weighted by Gasteiger charge is -2.17. The minimum atomic E-state index is -0.810. The van der Waals surface area contributed by atoms with Gasteiger partial charge in [-0.1, -0.05) is 24.6 Å². The summed E-state index contributed by atoms with van der Waals surface area (Å²) in [6, 6.07) is 5.05. The van der Waals surface area contributed by atoms with Crippen molar-refractivity contribution in [3.8, 4) is 5.75 Å². The molecule has 1 aromatic rings. The highest BCUT2D eigenvalue weighted by molar-refractivity contribution is 6.31. The monoisotopic (exact) mass is 271 g/mol. The smallest absolute Gasteiger partial charge is 0.303 e. The van der Waals surface area contributed by atoms with Gasteiger partial charge in [-0.15, -0.1) is 0 Å². The summed E-state index contributed by atoms with van der Waals surface area (Å²) < 4.78 is 5.06. The molecule has 5 heteroatoms. The third kappa shape index (κ3) is 4.20. The van der Waals surface area contributed by atoms with E-state index in [9.17, 15) is 4.79 Å². The average Bonchev–Trinajstić information content (AvgIpc) is 2.27. The molecule has 2 unspecified atom stereocenters. The van der Waals surface area contributed by atoms with E-state index in [1.807, 2.05) is 13.0 Å². The molecule has 0 heterocycles. The van der Waals surface area contributed by atoms with E-state index in [0.29, 0.717) is 17.2 Å². The number of rotatable bonds is 6. The molecule has 1 rings (SSSR count). The molecular weight excluding hydrogens is 254 g/mol. The van der Waals surface area contributed by atoms with Crippen LogP contribution in [-0.2, 0) is 4.79 Å². The van der Waals surface area contributed by atoms with Crippen molar-refractivity contribution in [3.05, 3.63) is 28.8 Å². The van der Waals surface area contributed by atoms with E-state index >= 15 is 0 Å². The lowest BCUT2D eigenvalue weighted by Crippen LogP contribution is -2.16. The molecule has 0 aliphatic heterocycles. The highest BCUT2D eigenvalue weighted by atomic mass is 35.5. The Morgan fingerprint density at radius 2 is 2.22 bits per heavy atom. The van der Waals surface area contributed by atoms with Crippen molar-refractivity contribution >= 4 is 17.6 Å². The van der Waals surface area contributed by atoms with E-state index in [0.717, 1.165) is 5.56 Å². The predicted molar refractivity (Wildman–Crippen MR) is 71.0 cm³/mol. The molecule has 0 saturated heterocycles. The van der Waals surface area contributed by atoms with E-state index in [1.54, 1.807) is 19.2 Å². The molecule has 0 spiro atoms. The van der Waals surface area contributed by atoms with Crippen molar-refractivity contribution in [1.29, 1.82) is 0 Å². The molecule has 0 aliphatic carbocycles. The molecule has 0 radical (unpaired) electrons. The van der Waals surface area contributed by atoms with Gasteiger partial charge < -0.3 is 15.6 Å². The number of nitrogens with two attached hydrogens (primary N) is 1. The van der Waals surface area contributed by atoms with Gasteiger partial charge in [0.2, 0.25) is 0 Å². The largest absolute Gasteiger partial charge is 0.497 e. The van der Waals surface area contributed by atoms with Crippen LogP contribution < -0.4 is 10.5 Å². The summed E-state index contributed by atoms with van der Waals surface area (Å²) in [7, 11) is 1.57. The van der Waals surface area contributed by atoms with E-state index < -0.39 is 5.97 Å². The minimum absolute atomic E-state index is 0.00988. The average molecular weight is 272 g/mol. The van der Waals surface area contributed by atoms with Crippen molar-refractivity contribution in [2.75, 3.05) is 7.11 Å². The molecule has 0 aliphatic rings. The normalized spacial score (nSPS) is 14.0. The second-order valence-electron chi connectivity index (χ2n) is 4.43. The zero-order valence-corrected chi connectivity index (χ0v) is 11.3. The van der Waals surface area contributed by atoms with Crippen molar-refractivity contribution in [3.63, 3.8) is 0 Å². The van der Waals surface area contributed by atoms with Gasteiger partial charge in [0.25, 0.3) is 0 Å². The van der Waals surface area contributed by atoms with Gasteiger partial charge >= 0.3 is 5.97 Å². The molecule has 18 heavy (non-hydrogen) atoms. The Labute approximate surface area is 112 Å². The zero-order chi connectivity index (χ0) is 13.7. The van der Waals surface area contributed by atoms with Crippen LogP contribution in [0.2, 0.25) is 5.02 Å². The van der Waals surface area contributed by atoms with Crippen LogP contribution in [0, 0.1) is 5.92 Å². The van der Waals surface area contributed by atoms with Crippen LogP contribution in [0.15, 0.2) is 18.2 Å². The quantitative estimate of drug-likeness (QED) is 0.834. The summed E-state index contributed by atoms with van der Waals surface area (Å²) in [5, 5.41) is 9.25. The minimum Gasteiger partial charge on any atom is -0.497 e. The van der Waals surface area contributed by atoms with E-state index in [4.69, 9.17) is 27.2 Å². The summed E-state index contributed by atoms with van der Waals surface area (Å²) in [5.41, 5.74) is 6.86. The number of carboxylic acids is 1. The van der Waals surface area contributed by atoms with E-state index in [1.165, 1.54) is 0 Å². The van der Waals surface area contributed by atoms with Crippen LogP contribution in [0.4, 0.5) is 0 Å². The first-order chi connectivity index (χ1) is 8.43. The van der Waals surface area contributed by atoms with Crippen molar-refractivity contribution in [1.82, 2.24) is 0 Å². The first-order valence-corrected chi connectivity index (χ1v) is 6.12. The molecule has 0 aromatic heterocycles. The number of hydrogen-bond acceptors (Lipinski definition) is 3. The van der Waals surface area contributed by atoms with Crippen LogP contribution in [0.25, 0.3) is 0 Å². The van der Waals surface area contributed by atoms with Crippen molar-refractivity contribution in [2.24, 2.45) is 11.7 Å². The first-order valence-electron chi connectivity index (χ1n) is 5.74. The van der Waals surface area contributed by atoms with Crippen LogP contribution in [0.3, 0.4) is 0 Å². The number of benzene rings is 1. The summed E-state index contributed by atoms with van der Waals surface area (Å²) in [4.78, 5) is 10.6. The Morgan fingerprint density at radius 1 is 1.56 bits per heavy atom. The van der Waals surface area contributed by atoms with Gasteiger partial charge in [-0.3, -0.25) is 4.79 Å². The number of carbonyl (C=O) groups is 1. The molecule has 0 fully saturated rings. The molecule has 3 N–H and O–H groups in total. The first kappa shape index (κ1) is 14.8. The Balaban J connectivity index is 2.72. The number of ether oxygens (including phenoxy) is 1. The Morgan fingerprint density at radius 3 is 2.72 bits per heavy atom. The number of carboxylic acid groups (broad SMARTS) is 1. The van der Waals surface area contributed by atoms with Crippen LogP contribution in [0.5, 0.6) is 5.75 Å². The van der Waals surface area contributed by atoms with Gasteiger partial charge in [0.15, 0.2) is 0 Å². The summed E-state index contributed by atoms with van der Waals surface area (Å²) in [6.45, 7) is 1.87. The molecule has 1 aromatic carbocycles. The molecule has 0 bridgehead atoms. The second-order valence-corrected chi connectivity index (χ2v) is 4.84. The molecule has 0 saturated carbocycles. The van der Waals surface area contributed by atoms with Gasteiger partial charge in [0, 0.05) is 17.5 Å². The molecule has 2 atom stereocenters. The third-order valence-electron chi connectivity index (χ3n) is 2.79. The van der Waals surface area contributed by atoms with Crippen LogP contribution in [0.1, 0.15) is 31.4 Å². The molecular formula is C13H18ClNO3. The van der Waals surface area contributed by atoms with Gasteiger partial charge in [0.05, 0.1) is 7.11 Å². The number of aliphatic carboxylic acids is 1. The predicted octanol–water partition coefficient (Wildman–Crippen LogP) is 2.85. The summed E-state index contributed by atoms with van der Waals surface area (Å²) in [6.07, 6.45) is 0.694. The van der Waals surface area contributed by atoms with E-state index in [2.05, 4.69) is 0 Å². The van der Waals surface area contributed by atoms with Gasteiger partial charge in [-0.25, -0.2) is 0 Å². The van der Waals surface area contributed by atoms with Crippen LogP contribution in [-0.4, -0.2) is 18.2 Å². The maximum atomic E-state index is 10.6. The molecule has 4 nitrogen and oxygen atoms in total. The van der Waals surface area contributed by atoms with Gasteiger partial charge in [-0.05, 0) is 30.0 Å². The van der Waals surface area contributed by atoms with Gasteiger partial charge in [-0.2, -0.15) is 0 Å². The highest BCUT2D eigenvalue weighted by Crippen LogP contribution is 2.29. The molecule has 100 valence electrons. The fourth-order valence-electron chi connectivity index (χ4n) is 1.88.